The summed E-state index contributed by atoms with van der Waals surface area (Å²) in [6, 6.07) is 0. The van der Waals surface area contributed by atoms with Gasteiger partial charge in [0.2, 0.25) is 5.91 Å². The highest BCUT2D eigenvalue weighted by molar-refractivity contribution is 5.76. The minimum absolute atomic E-state index is 0.336. The highest BCUT2D eigenvalue weighted by Gasteiger charge is 2.37. The van der Waals surface area contributed by atoms with E-state index in [1.165, 1.54) is 0 Å². The van der Waals surface area contributed by atoms with Crippen LogP contribution in [0, 0.1) is 11.3 Å². The number of carbonyl (C=O) groups is 1. The minimum atomic E-state index is 0.336. The molecule has 0 radical (unpaired) electrons. The molecule has 1 amide bonds. The first kappa shape index (κ1) is 10.6. The molecule has 13 heavy (non-hydrogen) atoms. The van der Waals surface area contributed by atoms with E-state index in [9.17, 15) is 4.79 Å². The summed E-state index contributed by atoms with van der Waals surface area (Å²) in [4.78, 5) is 13.4. The van der Waals surface area contributed by atoms with Crippen molar-refractivity contribution in [1.29, 1.82) is 0 Å². The smallest absolute Gasteiger partial charge is 0.222 e. The minimum Gasteiger partial charge on any atom is -0.342 e. The fourth-order valence-corrected chi connectivity index (χ4v) is 1.60. The molecule has 1 aliphatic rings. The third kappa shape index (κ3) is 2.45. The fraction of sp³-hybridized carbons (Fsp3) is 0.909. The van der Waals surface area contributed by atoms with Crippen LogP contribution in [-0.4, -0.2) is 23.9 Å². The van der Waals surface area contributed by atoms with Crippen molar-refractivity contribution in [3.8, 4) is 0 Å². The van der Waals surface area contributed by atoms with Crippen molar-refractivity contribution in [3.63, 3.8) is 0 Å². The predicted octanol–water partition coefficient (Wildman–Crippen LogP) is 2.29. The maximum atomic E-state index is 11.4. The number of amides is 1. The van der Waals surface area contributed by atoms with Crippen LogP contribution in [-0.2, 0) is 4.79 Å². The Bertz CT molecular complexity index is 187. The quantitative estimate of drug-likeness (QED) is 0.643. The first-order chi connectivity index (χ1) is 5.95. The third-order valence-corrected chi connectivity index (χ3v) is 2.92. The van der Waals surface area contributed by atoms with Gasteiger partial charge in [0.15, 0.2) is 0 Å². The van der Waals surface area contributed by atoms with Crippen molar-refractivity contribution >= 4 is 5.91 Å². The van der Waals surface area contributed by atoms with Crippen LogP contribution in [0.25, 0.3) is 0 Å². The van der Waals surface area contributed by atoms with Crippen molar-refractivity contribution in [1.82, 2.24) is 4.90 Å². The molecule has 0 bridgehead atoms. The molecule has 0 atom stereocenters. The molecule has 1 saturated heterocycles. The van der Waals surface area contributed by atoms with E-state index < -0.39 is 0 Å². The lowest BCUT2D eigenvalue weighted by atomic mass is 9.76. The number of hydrogen-bond donors (Lipinski definition) is 0. The van der Waals surface area contributed by atoms with Gasteiger partial charge in [-0.25, -0.2) is 0 Å². The van der Waals surface area contributed by atoms with Crippen molar-refractivity contribution < 1.29 is 4.79 Å². The van der Waals surface area contributed by atoms with E-state index in [1.54, 1.807) is 0 Å². The summed E-state index contributed by atoms with van der Waals surface area (Å²) < 4.78 is 0. The zero-order valence-corrected chi connectivity index (χ0v) is 9.26. The van der Waals surface area contributed by atoms with E-state index in [-0.39, 0.29) is 0 Å². The van der Waals surface area contributed by atoms with Crippen molar-refractivity contribution in [2.75, 3.05) is 13.1 Å². The van der Waals surface area contributed by atoms with Gasteiger partial charge >= 0.3 is 0 Å². The largest absolute Gasteiger partial charge is 0.342 e. The molecule has 1 aliphatic heterocycles. The van der Waals surface area contributed by atoms with Gasteiger partial charge in [-0.2, -0.15) is 0 Å². The monoisotopic (exact) mass is 183 g/mol. The summed E-state index contributed by atoms with van der Waals surface area (Å²) in [6.45, 7) is 10.8. The molecule has 0 aromatic rings. The predicted molar refractivity (Wildman–Crippen MR) is 54.4 cm³/mol. The van der Waals surface area contributed by atoms with Crippen molar-refractivity contribution in [2.45, 2.75) is 40.5 Å². The Hall–Kier alpha value is -0.530. The number of nitrogens with zero attached hydrogens (tertiary/aromatic N) is 1. The molecule has 1 fully saturated rings. The Morgan fingerprint density at radius 1 is 1.38 bits per heavy atom. The third-order valence-electron chi connectivity index (χ3n) is 2.92. The average Bonchev–Trinajstić information content (AvgIpc) is 1.79. The molecule has 0 aliphatic carbocycles. The van der Waals surface area contributed by atoms with Gasteiger partial charge in [-0.3, -0.25) is 4.79 Å². The Balaban J connectivity index is 2.29. The molecule has 0 saturated carbocycles. The van der Waals surface area contributed by atoms with Gasteiger partial charge in [-0.05, 0) is 17.8 Å². The van der Waals surface area contributed by atoms with Crippen LogP contribution in [0.1, 0.15) is 40.5 Å². The molecule has 1 rings (SSSR count). The lowest BCUT2D eigenvalue weighted by Gasteiger charge is -2.46. The Labute approximate surface area is 81.3 Å². The number of carbonyl (C=O) groups excluding carboxylic acids is 1. The lowest BCUT2D eigenvalue weighted by molar-refractivity contribution is -0.140. The van der Waals surface area contributed by atoms with E-state index >= 15 is 0 Å². The van der Waals surface area contributed by atoms with Gasteiger partial charge in [-0.1, -0.05) is 27.7 Å². The SMILES string of the molecule is CCCC(=O)N1CC(C(C)(C)C)C1. The van der Waals surface area contributed by atoms with Crippen LogP contribution in [0.2, 0.25) is 0 Å². The van der Waals surface area contributed by atoms with Crippen LogP contribution in [0.3, 0.4) is 0 Å². The van der Waals surface area contributed by atoms with Gasteiger partial charge in [0.1, 0.15) is 0 Å². The molecule has 0 aromatic carbocycles. The van der Waals surface area contributed by atoms with Crippen molar-refractivity contribution in [3.05, 3.63) is 0 Å². The second kappa shape index (κ2) is 3.69. The Kier molecular flexibility index (Phi) is 2.99. The van der Waals surface area contributed by atoms with Gasteiger partial charge in [-0.15, -0.1) is 0 Å². The van der Waals surface area contributed by atoms with Gasteiger partial charge in [0.25, 0.3) is 0 Å². The highest BCUT2D eigenvalue weighted by atomic mass is 16.2. The highest BCUT2D eigenvalue weighted by Crippen LogP contribution is 2.33. The molecular weight excluding hydrogens is 162 g/mol. The zero-order chi connectivity index (χ0) is 10.1. The summed E-state index contributed by atoms with van der Waals surface area (Å²) >= 11 is 0. The summed E-state index contributed by atoms with van der Waals surface area (Å²) in [5, 5.41) is 0. The van der Waals surface area contributed by atoms with E-state index in [4.69, 9.17) is 0 Å². The number of likely N-dealkylation sites (tertiary alicyclic amines) is 1. The van der Waals surface area contributed by atoms with Gasteiger partial charge in [0, 0.05) is 19.5 Å². The first-order valence-electron chi connectivity index (χ1n) is 5.23. The Morgan fingerprint density at radius 3 is 2.31 bits per heavy atom. The molecule has 0 unspecified atom stereocenters. The second-order valence-electron chi connectivity index (χ2n) is 5.11. The van der Waals surface area contributed by atoms with Crippen LogP contribution >= 0.6 is 0 Å². The van der Waals surface area contributed by atoms with Crippen LogP contribution in [0.15, 0.2) is 0 Å². The maximum absolute atomic E-state index is 11.4. The van der Waals surface area contributed by atoms with E-state index in [2.05, 4.69) is 27.7 Å². The van der Waals surface area contributed by atoms with Crippen molar-refractivity contribution in [2.24, 2.45) is 11.3 Å². The molecule has 2 nitrogen and oxygen atoms in total. The summed E-state index contributed by atoms with van der Waals surface area (Å²) in [5.41, 5.74) is 0.364. The average molecular weight is 183 g/mol. The van der Waals surface area contributed by atoms with Gasteiger partial charge < -0.3 is 4.90 Å². The molecule has 0 N–H and O–H groups in total. The first-order valence-corrected chi connectivity index (χ1v) is 5.23. The summed E-state index contributed by atoms with van der Waals surface area (Å²) in [6.07, 6.45) is 1.69. The van der Waals surface area contributed by atoms with E-state index in [0.29, 0.717) is 17.2 Å². The topological polar surface area (TPSA) is 20.3 Å². The lowest BCUT2D eigenvalue weighted by Crippen LogP contribution is -2.54. The van der Waals surface area contributed by atoms with Crippen LogP contribution in [0.4, 0.5) is 0 Å². The normalized spacial score (nSPS) is 18.6. The maximum Gasteiger partial charge on any atom is 0.222 e. The summed E-state index contributed by atoms with van der Waals surface area (Å²) in [5.74, 6) is 1.04. The Morgan fingerprint density at radius 2 is 1.92 bits per heavy atom. The van der Waals surface area contributed by atoms with E-state index in [0.717, 1.165) is 25.9 Å². The molecular formula is C11H21NO. The fourth-order valence-electron chi connectivity index (χ4n) is 1.60. The summed E-state index contributed by atoms with van der Waals surface area (Å²) in [7, 11) is 0. The standard InChI is InChI=1S/C11H21NO/c1-5-6-10(13)12-7-9(8-12)11(2,3)4/h9H,5-8H2,1-4H3. The zero-order valence-electron chi connectivity index (χ0n) is 9.26. The van der Waals surface area contributed by atoms with Crippen LogP contribution in [0.5, 0.6) is 0 Å². The number of rotatable bonds is 2. The number of hydrogen-bond acceptors (Lipinski definition) is 1. The molecule has 76 valence electrons. The van der Waals surface area contributed by atoms with Crippen LogP contribution < -0.4 is 0 Å². The second-order valence-corrected chi connectivity index (χ2v) is 5.11. The molecule has 0 spiro atoms. The molecule has 1 heterocycles. The van der Waals surface area contributed by atoms with E-state index in [1.807, 2.05) is 4.90 Å². The van der Waals surface area contributed by atoms with Gasteiger partial charge in [0.05, 0.1) is 0 Å². The molecule has 2 heteroatoms. The molecule has 0 aromatic heterocycles.